The Balaban J connectivity index is 2.19. The van der Waals surface area contributed by atoms with Crippen LogP contribution in [0.4, 0.5) is 5.82 Å². The molecule has 0 radical (unpaired) electrons. The molecule has 0 bridgehead atoms. The molecule has 0 aliphatic carbocycles. The van der Waals surface area contributed by atoms with Gasteiger partial charge in [0.05, 0.1) is 12.7 Å². The first kappa shape index (κ1) is 13.1. The van der Waals surface area contributed by atoms with Gasteiger partial charge in [-0.2, -0.15) is 0 Å². The van der Waals surface area contributed by atoms with E-state index in [2.05, 4.69) is 27.1 Å². The van der Waals surface area contributed by atoms with Gasteiger partial charge in [0.2, 0.25) is 5.88 Å². The number of nitrogens with zero attached hydrogens (tertiary/aromatic N) is 3. The molecule has 5 heteroatoms. The van der Waals surface area contributed by atoms with Gasteiger partial charge in [-0.15, -0.1) is 0 Å². The van der Waals surface area contributed by atoms with Crippen LogP contribution in [0.2, 0.25) is 0 Å². The molecule has 2 heterocycles. The third kappa shape index (κ3) is 2.56. The number of likely N-dealkylation sites (N-methyl/N-ethyl adjacent to an activating group) is 1. The van der Waals surface area contributed by atoms with Crippen molar-refractivity contribution in [2.75, 3.05) is 31.6 Å². The van der Waals surface area contributed by atoms with Gasteiger partial charge < -0.3 is 15.0 Å². The van der Waals surface area contributed by atoms with Gasteiger partial charge in [-0.05, 0) is 26.3 Å². The number of ether oxygens (including phenoxy) is 1. The van der Waals surface area contributed by atoms with Crippen LogP contribution in [0.25, 0.3) is 0 Å². The number of hydrogen-bond donors (Lipinski definition) is 1. The van der Waals surface area contributed by atoms with E-state index in [-0.39, 0.29) is 0 Å². The average molecular weight is 250 g/mol. The van der Waals surface area contributed by atoms with E-state index in [1.54, 1.807) is 13.4 Å². The molecule has 1 aromatic heterocycles. The number of nitrogens with one attached hydrogen (secondary N) is 1. The molecule has 0 amide bonds. The van der Waals surface area contributed by atoms with Crippen LogP contribution in [0, 0.1) is 6.92 Å². The summed E-state index contributed by atoms with van der Waals surface area (Å²) in [5.74, 6) is 1.69. The first-order chi connectivity index (χ1) is 8.77. The highest BCUT2D eigenvalue weighted by molar-refractivity contribution is 5.51. The summed E-state index contributed by atoms with van der Waals surface area (Å²) in [6.07, 6.45) is 4.03. The van der Waals surface area contributed by atoms with Crippen molar-refractivity contribution in [1.82, 2.24) is 15.3 Å². The van der Waals surface area contributed by atoms with Gasteiger partial charge in [-0.25, -0.2) is 9.97 Å². The van der Waals surface area contributed by atoms with Gasteiger partial charge in [-0.3, -0.25) is 0 Å². The topological polar surface area (TPSA) is 50.3 Å². The van der Waals surface area contributed by atoms with Crippen molar-refractivity contribution >= 4 is 5.82 Å². The van der Waals surface area contributed by atoms with E-state index in [4.69, 9.17) is 4.74 Å². The summed E-state index contributed by atoms with van der Waals surface area (Å²) in [7, 11) is 1.65. The van der Waals surface area contributed by atoms with Crippen molar-refractivity contribution in [2.24, 2.45) is 0 Å². The predicted molar refractivity (Wildman–Crippen MR) is 72.2 cm³/mol. The van der Waals surface area contributed by atoms with Crippen molar-refractivity contribution in [2.45, 2.75) is 32.7 Å². The molecule has 1 aromatic rings. The van der Waals surface area contributed by atoms with Crippen LogP contribution >= 0.6 is 0 Å². The Morgan fingerprint density at radius 3 is 3.06 bits per heavy atom. The maximum Gasteiger partial charge on any atom is 0.221 e. The number of rotatable bonds is 5. The Bertz CT molecular complexity index is 397. The molecule has 0 spiro atoms. The third-order valence-electron chi connectivity index (χ3n) is 3.48. The first-order valence-corrected chi connectivity index (χ1v) is 6.60. The highest BCUT2D eigenvalue weighted by Gasteiger charge is 2.27. The molecule has 5 nitrogen and oxygen atoms in total. The molecule has 1 aliphatic rings. The molecule has 1 N–H and O–H groups in total. The smallest absolute Gasteiger partial charge is 0.221 e. The maximum absolute atomic E-state index is 5.27. The Hall–Kier alpha value is -1.36. The lowest BCUT2D eigenvalue weighted by Crippen LogP contribution is -2.38. The predicted octanol–water partition coefficient (Wildman–Crippen LogP) is 1.37. The number of hydrogen-bond acceptors (Lipinski definition) is 5. The molecule has 100 valence electrons. The van der Waals surface area contributed by atoms with Crippen LogP contribution in [0.1, 0.15) is 25.3 Å². The molecule has 18 heavy (non-hydrogen) atoms. The maximum atomic E-state index is 5.27. The van der Waals surface area contributed by atoms with Gasteiger partial charge in [0, 0.05) is 19.1 Å². The van der Waals surface area contributed by atoms with Crippen molar-refractivity contribution in [3.05, 3.63) is 11.9 Å². The minimum absolute atomic E-state index is 0.531. The fourth-order valence-corrected chi connectivity index (χ4v) is 2.56. The van der Waals surface area contributed by atoms with Gasteiger partial charge in [-0.1, -0.05) is 6.92 Å². The van der Waals surface area contributed by atoms with Crippen LogP contribution in [0.15, 0.2) is 6.33 Å². The summed E-state index contributed by atoms with van der Waals surface area (Å²) >= 11 is 0. The Labute approximate surface area is 109 Å². The van der Waals surface area contributed by atoms with Crippen LogP contribution < -0.4 is 15.0 Å². The van der Waals surface area contributed by atoms with Gasteiger partial charge in [0.1, 0.15) is 12.1 Å². The second-order valence-electron chi connectivity index (χ2n) is 4.63. The SMILES string of the molecule is CCNCC1CCCN1c1ncnc(OC)c1C. The quantitative estimate of drug-likeness (QED) is 0.855. The zero-order valence-corrected chi connectivity index (χ0v) is 11.4. The minimum Gasteiger partial charge on any atom is -0.481 e. The molecule has 1 saturated heterocycles. The highest BCUT2D eigenvalue weighted by atomic mass is 16.5. The third-order valence-corrected chi connectivity index (χ3v) is 3.48. The summed E-state index contributed by atoms with van der Waals surface area (Å²) in [6.45, 7) is 7.25. The second-order valence-corrected chi connectivity index (χ2v) is 4.63. The fraction of sp³-hybridized carbons (Fsp3) is 0.692. The van der Waals surface area contributed by atoms with Crippen molar-refractivity contribution < 1.29 is 4.74 Å². The molecular weight excluding hydrogens is 228 g/mol. The summed E-state index contributed by atoms with van der Waals surface area (Å²) in [5, 5.41) is 3.42. The van der Waals surface area contributed by atoms with E-state index in [1.807, 2.05) is 6.92 Å². The highest BCUT2D eigenvalue weighted by Crippen LogP contribution is 2.29. The van der Waals surface area contributed by atoms with Gasteiger partial charge in [0.25, 0.3) is 0 Å². The Kier molecular flexibility index (Phi) is 4.36. The van der Waals surface area contributed by atoms with Crippen LogP contribution in [0.3, 0.4) is 0 Å². The summed E-state index contributed by atoms with van der Waals surface area (Å²) in [5.41, 5.74) is 1.03. The van der Waals surface area contributed by atoms with E-state index in [9.17, 15) is 0 Å². The number of aromatic nitrogens is 2. The van der Waals surface area contributed by atoms with Crippen molar-refractivity contribution in [3.63, 3.8) is 0 Å². The molecule has 1 aliphatic heterocycles. The molecule has 0 saturated carbocycles. The van der Waals surface area contributed by atoms with Crippen molar-refractivity contribution in [3.8, 4) is 5.88 Å². The zero-order valence-electron chi connectivity index (χ0n) is 11.4. The zero-order chi connectivity index (χ0) is 13.0. The lowest BCUT2D eigenvalue weighted by Gasteiger charge is -2.27. The van der Waals surface area contributed by atoms with Crippen LogP contribution in [-0.2, 0) is 0 Å². The van der Waals surface area contributed by atoms with Crippen LogP contribution in [-0.4, -0.2) is 42.8 Å². The van der Waals surface area contributed by atoms with Crippen LogP contribution in [0.5, 0.6) is 5.88 Å². The molecule has 1 atom stereocenters. The standard InChI is InChI=1S/C13H22N4O/c1-4-14-8-11-6-5-7-17(11)12-10(2)13(18-3)16-9-15-12/h9,11,14H,4-8H2,1-3H3. The fourth-order valence-electron chi connectivity index (χ4n) is 2.56. The van der Waals surface area contributed by atoms with E-state index >= 15 is 0 Å². The van der Waals surface area contributed by atoms with Gasteiger partial charge in [0.15, 0.2) is 0 Å². The lowest BCUT2D eigenvalue weighted by molar-refractivity contribution is 0.393. The molecular formula is C13H22N4O. The van der Waals surface area contributed by atoms with Gasteiger partial charge >= 0.3 is 0 Å². The lowest BCUT2D eigenvalue weighted by atomic mass is 10.2. The molecule has 1 fully saturated rings. The van der Waals surface area contributed by atoms with Crippen molar-refractivity contribution in [1.29, 1.82) is 0 Å². The minimum atomic E-state index is 0.531. The first-order valence-electron chi connectivity index (χ1n) is 6.60. The Morgan fingerprint density at radius 2 is 2.33 bits per heavy atom. The van der Waals surface area contributed by atoms with E-state index in [1.165, 1.54) is 12.8 Å². The monoisotopic (exact) mass is 250 g/mol. The summed E-state index contributed by atoms with van der Waals surface area (Å²) < 4.78 is 5.27. The second kappa shape index (κ2) is 6.00. The number of methoxy groups -OCH3 is 1. The largest absolute Gasteiger partial charge is 0.481 e. The molecule has 1 unspecified atom stereocenters. The summed E-state index contributed by atoms with van der Waals surface area (Å²) in [6, 6.07) is 0.531. The van der Waals surface area contributed by atoms with E-state index in [0.29, 0.717) is 11.9 Å². The summed E-state index contributed by atoms with van der Waals surface area (Å²) in [4.78, 5) is 11.0. The van der Waals surface area contributed by atoms with E-state index in [0.717, 1.165) is 31.0 Å². The van der Waals surface area contributed by atoms with E-state index < -0.39 is 0 Å². The number of anilines is 1. The molecule has 2 rings (SSSR count). The average Bonchev–Trinajstić information content (AvgIpc) is 2.84. The molecule has 0 aromatic carbocycles. The Morgan fingerprint density at radius 1 is 1.50 bits per heavy atom. The normalized spacial score (nSPS) is 19.3.